The zero-order valence-electron chi connectivity index (χ0n) is 11.4. The fourth-order valence-corrected chi connectivity index (χ4v) is 1.72. The molecule has 0 aliphatic heterocycles. The molecule has 1 aromatic carbocycles. The van der Waals surface area contributed by atoms with Crippen LogP contribution in [0.1, 0.15) is 6.92 Å². The molecule has 2 rings (SSSR count). The van der Waals surface area contributed by atoms with Gasteiger partial charge in [-0.2, -0.15) is 5.26 Å². The van der Waals surface area contributed by atoms with Gasteiger partial charge in [-0.15, -0.1) is 0 Å². The fraction of sp³-hybridized carbons (Fsp3) is 0.214. The number of nitriles is 1. The maximum absolute atomic E-state index is 8.60. The van der Waals surface area contributed by atoms with Crippen molar-refractivity contribution in [2.45, 2.75) is 6.92 Å². The lowest BCUT2D eigenvalue weighted by Gasteiger charge is -2.18. The summed E-state index contributed by atoms with van der Waals surface area (Å²) in [6.07, 6.45) is 3.25. The molecular formula is C14H15N5O. The minimum atomic E-state index is 0.468. The van der Waals surface area contributed by atoms with Crippen LogP contribution in [0.25, 0.3) is 0 Å². The van der Waals surface area contributed by atoms with Crippen molar-refractivity contribution >= 4 is 17.3 Å². The molecule has 1 aromatic heterocycles. The SMILES string of the molecule is CCOc1ccc(N(C)c2cc(NC#N)ncn2)cc1. The predicted octanol–water partition coefficient (Wildman–Crippen LogP) is 2.54. The molecule has 0 radical (unpaired) electrons. The largest absolute Gasteiger partial charge is 0.494 e. The fourth-order valence-electron chi connectivity index (χ4n) is 1.72. The summed E-state index contributed by atoms with van der Waals surface area (Å²) in [6.45, 7) is 2.59. The Morgan fingerprint density at radius 1 is 1.30 bits per heavy atom. The molecule has 6 heteroatoms. The number of benzene rings is 1. The molecule has 0 fully saturated rings. The van der Waals surface area contributed by atoms with Gasteiger partial charge < -0.3 is 9.64 Å². The van der Waals surface area contributed by atoms with Gasteiger partial charge in [-0.05, 0) is 31.2 Å². The second kappa shape index (κ2) is 6.38. The standard InChI is InChI=1S/C14H15N5O/c1-3-20-12-6-4-11(5-7-12)19(2)14-8-13(16-9-15)17-10-18-14/h4-8,10H,3H2,1-2H3,(H,16,17,18). The number of nitrogens with zero attached hydrogens (tertiary/aromatic N) is 4. The van der Waals surface area contributed by atoms with Crippen LogP contribution in [0.15, 0.2) is 36.7 Å². The molecule has 6 nitrogen and oxygen atoms in total. The Balaban J connectivity index is 2.20. The molecule has 0 unspecified atom stereocenters. The first-order valence-electron chi connectivity index (χ1n) is 6.18. The molecule has 2 aromatic rings. The van der Waals surface area contributed by atoms with Gasteiger partial charge in [0.1, 0.15) is 23.7 Å². The molecule has 1 heterocycles. The van der Waals surface area contributed by atoms with Crippen molar-refractivity contribution in [3.8, 4) is 11.9 Å². The zero-order chi connectivity index (χ0) is 14.4. The Kier molecular flexibility index (Phi) is 4.35. The van der Waals surface area contributed by atoms with Crippen LogP contribution in [0, 0.1) is 11.5 Å². The molecule has 0 atom stereocenters. The highest BCUT2D eigenvalue weighted by atomic mass is 16.5. The third-order valence-corrected chi connectivity index (χ3v) is 2.72. The quantitative estimate of drug-likeness (QED) is 0.664. The lowest BCUT2D eigenvalue weighted by Crippen LogP contribution is -2.11. The summed E-state index contributed by atoms with van der Waals surface area (Å²) in [5.41, 5.74) is 0.968. The van der Waals surface area contributed by atoms with Gasteiger partial charge in [0, 0.05) is 18.8 Å². The second-order valence-corrected chi connectivity index (χ2v) is 3.98. The van der Waals surface area contributed by atoms with Gasteiger partial charge >= 0.3 is 0 Å². The first-order valence-corrected chi connectivity index (χ1v) is 6.18. The minimum absolute atomic E-state index is 0.468. The molecule has 0 saturated carbocycles. The number of anilines is 3. The van der Waals surface area contributed by atoms with E-state index < -0.39 is 0 Å². The van der Waals surface area contributed by atoms with Crippen molar-refractivity contribution in [3.63, 3.8) is 0 Å². The van der Waals surface area contributed by atoms with Crippen molar-refractivity contribution in [3.05, 3.63) is 36.7 Å². The molecule has 0 aliphatic rings. The summed E-state index contributed by atoms with van der Waals surface area (Å²) in [4.78, 5) is 10.0. The third-order valence-electron chi connectivity index (χ3n) is 2.72. The Bertz CT molecular complexity index is 606. The highest BCUT2D eigenvalue weighted by Crippen LogP contribution is 2.24. The molecule has 0 spiro atoms. The zero-order valence-corrected chi connectivity index (χ0v) is 11.4. The van der Waals surface area contributed by atoms with E-state index in [0.29, 0.717) is 18.2 Å². The lowest BCUT2D eigenvalue weighted by molar-refractivity contribution is 0.340. The number of rotatable bonds is 5. The van der Waals surface area contributed by atoms with E-state index in [9.17, 15) is 0 Å². The van der Waals surface area contributed by atoms with Gasteiger partial charge in [0.15, 0.2) is 6.19 Å². The van der Waals surface area contributed by atoms with Crippen molar-refractivity contribution in [2.24, 2.45) is 0 Å². The number of hydrogen-bond acceptors (Lipinski definition) is 6. The summed E-state index contributed by atoms with van der Waals surface area (Å²) in [5, 5.41) is 11.1. The van der Waals surface area contributed by atoms with Crippen LogP contribution in [-0.4, -0.2) is 23.6 Å². The van der Waals surface area contributed by atoms with Crippen molar-refractivity contribution in [1.82, 2.24) is 9.97 Å². The van der Waals surface area contributed by atoms with E-state index in [1.54, 1.807) is 6.07 Å². The monoisotopic (exact) mass is 269 g/mol. The van der Waals surface area contributed by atoms with Crippen LogP contribution in [0.2, 0.25) is 0 Å². The number of ether oxygens (including phenoxy) is 1. The predicted molar refractivity (Wildman–Crippen MR) is 76.9 cm³/mol. The Hall–Kier alpha value is -2.81. The topological polar surface area (TPSA) is 74.1 Å². The Labute approximate surface area is 117 Å². The number of aromatic nitrogens is 2. The van der Waals surface area contributed by atoms with Crippen LogP contribution in [0.3, 0.4) is 0 Å². The van der Waals surface area contributed by atoms with Crippen molar-refractivity contribution in [1.29, 1.82) is 5.26 Å². The average molecular weight is 269 g/mol. The van der Waals surface area contributed by atoms with Gasteiger partial charge in [-0.25, -0.2) is 9.97 Å². The smallest absolute Gasteiger partial charge is 0.182 e. The van der Waals surface area contributed by atoms with Crippen LogP contribution in [-0.2, 0) is 0 Å². The van der Waals surface area contributed by atoms with E-state index in [1.807, 2.05) is 49.3 Å². The molecular weight excluding hydrogens is 254 g/mol. The maximum Gasteiger partial charge on any atom is 0.182 e. The summed E-state index contributed by atoms with van der Waals surface area (Å²) in [7, 11) is 1.90. The van der Waals surface area contributed by atoms with E-state index in [4.69, 9.17) is 10.00 Å². The van der Waals surface area contributed by atoms with E-state index in [1.165, 1.54) is 6.33 Å². The highest BCUT2D eigenvalue weighted by Gasteiger charge is 2.07. The van der Waals surface area contributed by atoms with Gasteiger partial charge in [0.2, 0.25) is 0 Å². The van der Waals surface area contributed by atoms with E-state index >= 15 is 0 Å². The molecule has 102 valence electrons. The molecule has 0 amide bonds. The Morgan fingerprint density at radius 2 is 2.05 bits per heavy atom. The van der Waals surface area contributed by atoms with Gasteiger partial charge in [0.05, 0.1) is 6.61 Å². The van der Waals surface area contributed by atoms with Crippen LogP contribution >= 0.6 is 0 Å². The second-order valence-electron chi connectivity index (χ2n) is 3.98. The summed E-state index contributed by atoms with van der Waals surface area (Å²) in [5.74, 6) is 2.00. The summed E-state index contributed by atoms with van der Waals surface area (Å²) < 4.78 is 5.41. The summed E-state index contributed by atoms with van der Waals surface area (Å²) in [6, 6.07) is 9.42. The van der Waals surface area contributed by atoms with Gasteiger partial charge in [-0.1, -0.05) is 0 Å². The van der Waals surface area contributed by atoms with Crippen molar-refractivity contribution in [2.75, 3.05) is 23.9 Å². The molecule has 20 heavy (non-hydrogen) atoms. The van der Waals surface area contributed by atoms with E-state index in [0.717, 1.165) is 11.4 Å². The molecule has 0 bridgehead atoms. The molecule has 0 aliphatic carbocycles. The third kappa shape index (κ3) is 3.14. The molecule has 0 saturated heterocycles. The first kappa shape index (κ1) is 13.6. The summed E-state index contributed by atoms with van der Waals surface area (Å²) >= 11 is 0. The maximum atomic E-state index is 8.60. The Morgan fingerprint density at radius 3 is 2.70 bits per heavy atom. The van der Waals surface area contributed by atoms with Crippen LogP contribution in [0.5, 0.6) is 5.75 Å². The number of nitrogens with one attached hydrogen (secondary N) is 1. The van der Waals surface area contributed by atoms with Gasteiger partial charge in [0.25, 0.3) is 0 Å². The minimum Gasteiger partial charge on any atom is -0.494 e. The van der Waals surface area contributed by atoms with Crippen LogP contribution in [0.4, 0.5) is 17.3 Å². The normalized spacial score (nSPS) is 9.65. The van der Waals surface area contributed by atoms with Crippen molar-refractivity contribution < 1.29 is 4.74 Å². The average Bonchev–Trinajstić information content (AvgIpc) is 2.48. The van der Waals surface area contributed by atoms with E-state index in [-0.39, 0.29) is 0 Å². The molecule has 1 N–H and O–H groups in total. The van der Waals surface area contributed by atoms with E-state index in [2.05, 4.69) is 15.3 Å². The lowest BCUT2D eigenvalue weighted by atomic mass is 10.3. The van der Waals surface area contributed by atoms with Crippen LogP contribution < -0.4 is 15.0 Å². The number of hydrogen-bond donors (Lipinski definition) is 1. The highest BCUT2D eigenvalue weighted by molar-refractivity contribution is 5.62. The van der Waals surface area contributed by atoms with Gasteiger partial charge in [-0.3, -0.25) is 5.32 Å². The first-order chi connectivity index (χ1) is 9.74.